The highest BCUT2D eigenvalue weighted by atomic mass is 35.5. The van der Waals surface area contributed by atoms with E-state index in [9.17, 15) is 10.1 Å². The van der Waals surface area contributed by atoms with Crippen LogP contribution < -0.4 is 0 Å². The van der Waals surface area contributed by atoms with Crippen molar-refractivity contribution in [3.05, 3.63) is 33.3 Å². The number of ether oxygens (including phenoxy) is 1. The van der Waals surface area contributed by atoms with E-state index in [2.05, 4.69) is 0 Å². The van der Waals surface area contributed by atoms with Crippen molar-refractivity contribution in [2.24, 2.45) is 0 Å². The van der Waals surface area contributed by atoms with Crippen LogP contribution in [0.3, 0.4) is 0 Å². The number of thioether (sulfide) groups is 1. The van der Waals surface area contributed by atoms with Crippen LogP contribution in [0.1, 0.15) is 0 Å². The molecule has 1 rings (SSSR count). The Bertz CT molecular complexity index is 359. The van der Waals surface area contributed by atoms with Crippen molar-refractivity contribution in [1.29, 1.82) is 0 Å². The second-order valence-corrected chi connectivity index (χ2v) is 4.23. The van der Waals surface area contributed by atoms with Gasteiger partial charge >= 0.3 is 5.69 Å². The highest BCUT2D eigenvalue weighted by molar-refractivity contribution is 7.99. The summed E-state index contributed by atoms with van der Waals surface area (Å²) in [5.74, 6) is 0.664. The normalized spacial score (nSPS) is 10.3. The van der Waals surface area contributed by atoms with Crippen LogP contribution in [0.15, 0.2) is 23.1 Å². The first-order chi connectivity index (χ1) is 7.16. The lowest BCUT2D eigenvalue weighted by molar-refractivity contribution is -0.387. The van der Waals surface area contributed by atoms with E-state index >= 15 is 0 Å². The van der Waals surface area contributed by atoms with Gasteiger partial charge < -0.3 is 4.74 Å². The van der Waals surface area contributed by atoms with Crippen molar-refractivity contribution in [2.75, 3.05) is 19.5 Å². The molecule has 1 aromatic carbocycles. The van der Waals surface area contributed by atoms with E-state index in [4.69, 9.17) is 16.3 Å². The molecule has 0 amide bonds. The minimum Gasteiger partial charge on any atom is -0.384 e. The van der Waals surface area contributed by atoms with Gasteiger partial charge in [-0.3, -0.25) is 10.1 Å². The van der Waals surface area contributed by atoms with Crippen molar-refractivity contribution in [3.8, 4) is 0 Å². The Balaban J connectivity index is 2.86. The van der Waals surface area contributed by atoms with Gasteiger partial charge in [-0.15, -0.1) is 11.8 Å². The molecule has 0 aliphatic rings. The van der Waals surface area contributed by atoms with E-state index in [-0.39, 0.29) is 10.7 Å². The topological polar surface area (TPSA) is 52.4 Å². The van der Waals surface area contributed by atoms with Gasteiger partial charge in [-0.2, -0.15) is 0 Å². The van der Waals surface area contributed by atoms with E-state index in [1.54, 1.807) is 19.2 Å². The number of halogens is 1. The fourth-order valence-corrected chi connectivity index (χ4v) is 2.29. The number of para-hydroxylation sites is 1. The molecule has 0 aliphatic heterocycles. The number of rotatable bonds is 5. The molecule has 0 bridgehead atoms. The zero-order valence-corrected chi connectivity index (χ0v) is 9.68. The maximum Gasteiger partial charge on any atom is 0.301 e. The maximum absolute atomic E-state index is 10.8. The predicted molar refractivity (Wildman–Crippen MR) is 60.7 cm³/mol. The van der Waals surface area contributed by atoms with Crippen LogP contribution in [0.5, 0.6) is 0 Å². The van der Waals surface area contributed by atoms with Gasteiger partial charge in [0.1, 0.15) is 5.02 Å². The lowest BCUT2D eigenvalue weighted by Crippen LogP contribution is -1.95. The molecule has 0 N–H and O–H groups in total. The summed E-state index contributed by atoms with van der Waals surface area (Å²) < 4.78 is 4.87. The summed E-state index contributed by atoms with van der Waals surface area (Å²) in [7, 11) is 1.59. The minimum absolute atomic E-state index is 0.0275. The number of nitro groups is 1. The largest absolute Gasteiger partial charge is 0.384 e. The van der Waals surface area contributed by atoms with E-state index < -0.39 is 4.92 Å². The molecule has 0 aromatic heterocycles. The Kier molecular flexibility index (Phi) is 4.87. The fourth-order valence-electron chi connectivity index (χ4n) is 1.02. The SMILES string of the molecule is COCCSc1cccc(Cl)c1[N+](=O)[O-]. The Labute approximate surface area is 96.7 Å². The summed E-state index contributed by atoms with van der Waals surface area (Å²) in [6.07, 6.45) is 0. The average Bonchev–Trinajstić information content (AvgIpc) is 2.17. The Morgan fingerprint density at radius 2 is 2.33 bits per heavy atom. The Hall–Kier alpha value is -0.780. The average molecular weight is 248 g/mol. The van der Waals surface area contributed by atoms with Gasteiger partial charge in [-0.1, -0.05) is 17.7 Å². The van der Waals surface area contributed by atoms with E-state index in [1.165, 1.54) is 17.8 Å². The molecule has 0 heterocycles. The quantitative estimate of drug-likeness (QED) is 0.347. The molecule has 0 saturated heterocycles. The Morgan fingerprint density at radius 1 is 1.60 bits per heavy atom. The number of benzene rings is 1. The molecule has 15 heavy (non-hydrogen) atoms. The van der Waals surface area contributed by atoms with Crippen molar-refractivity contribution in [3.63, 3.8) is 0 Å². The van der Waals surface area contributed by atoms with Crippen LogP contribution in [-0.2, 0) is 4.74 Å². The van der Waals surface area contributed by atoms with Gasteiger partial charge in [0.15, 0.2) is 0 Å². The molecule has 1 aromatic rings. The van der Waals surface area contributed by atoms with Crippen LogP contribution in [0, 0.1) is 10.1 Å². The second-order valence-electron chi connectivity index (χ2n) is 2.68. The first-order valence-corrected chi connectivity index (χ1v) is 5.58. The summed E-state index contributed by atoms with van der Waals surface area (Å²) >= 11 is 7.11. The molecule has 4 nitrogen and oxygen atoms in total. The van der Waals surface area contributed by atoms with E-state index in [0.29, 0.717) is 17.3 Å². The zero-order valence-electron chi connectivity index (χ0n) is 8.10. The molecule has 0 aliphatic carbocycles. The lowest BCUT2D eigenvalue weighted by Gasteiger charge is -2.03. The standard InChI is InChI=1S/C9H10ClNO3S/c1-14-5-6-15-8-4-2-3-7(10)9(8)11(12)13/h2-4H,5-6H2,1H3. The molecule has 0 atom stereocenters. The number of hydrogen-bond acceptors (Lipinski definition) is 4. The monoisotopic (exact) mass is 247 g/mol. The lowest BCUT2D eigenvalue weighted by atomic mass is 10.3. The Morgan fingerprint density at radius 3 is 2.93 bits per heavy atom. The molecular weight excluding hydrogens is 238 g/mol. The van der Waals surface area contributed by atoms with Gasteiger partial charge in [0.05, 0.1) is 16.4 Å². The number of nitro benzene ring substituents is 1. The number of nitrogens with zero attached hydrogens (tertiary/aromatic N) is 1. The first-order valence-electron chi connectivity index (χ1n) is 4.21. The van der Waals surface area contributed by atoms with E-state index in [1.807, 2.05) is 0 Å². The van der Waals surface area contributed by atoms with E-state index in [0.717, 1.165) is 0 Å². The van der Waals surface area contributed by atoms with Crippen LogP contribution >= 0.6 is 23.4 Å². The molecular formula is C9H10ClNO3S. The molecule has 82 valence electrons. The molecule has 0 radical (unpaired) electrons. The highest BCUT2D eigenvalue weighted by Crippen LogP contribution is 2.34. The second kappa shape index (κ2) is 5.95. The molecule has 0 saturated carbocycles. The van der Waals surface area contributed by atoms with Gasteiger partial charge in [-0.05, 0) is 12.1 Å². The van der Waals surface area contributed by atoms with Crippen LogP contribution in [0.25, 0.3) is 0 Å². The summed E-state index contributed by atoms with van der Waals surface area (Å²) in [5, 5.41) is 10.9. The third kappa shape index (κ3) is 3.37. The summed E-state index contributed by atoms with van der Waals surface area (Å²) in [4.78, 5) is 10.9. The number of methoxy groups -OCH3 is 1. The first kappa shape index (κ1) is 12.3. The smallest absolute Gasteiger partial charge is 0.301 e. The van der Waals surface area contributed by atoms with Crippen LogP contribution in [-0.4, -0.2) is 24.4 Å². The molecule has 6 heteroatoms. The van der Waals surface area contributed by atoms with Crippen molar-refractivity contribution in [2.45, 2.75) is 4.90 Å². The summed E-state index contributed by atoms with van der Waals surface area (Å²) in [6.45, 7) is 0.550. The predicted octanol–water partition coefficient (Wildman–Crippen LogP) is 2.99. The van der Waals surface area contributed by atoms with Crippen molar-refractivity contribution in [1.82, 2.24) is 0 Å². The van der Waals surface area contributed by atoms with Crippen LogP contribution in [0.4, 0.5) is 5.69 Å². The van der Waals surface area contributed by atoms with Gasteiger partial charge in [0.2, 0.25) is 0 Å². The van der Waals surface area contributed by atoms with Gasteiger partial charge in [0, 0.05) is 12.9 Å². The third-order valence-electron chi connectivity index (χ3n) is 1.68. The van der Waals surface area contributed by atoms with Crippen molar-refractivity contribution < 1.29 is 9.66 Å². The van der Waals surface area contributed by atoms with Gasteiger partial charge in [-0.25, -0.2) is 0 Å². The van der Waals surface area contributed by atoms with Gasteiger partial charge in [0.25, 0.3) is 0 Å². The maximum atomic E-state index is 10.8. The minimum atomic E-state index is -0.461. The fraction of sp³-hybridized carbons (Fsp3) is 0.333. The van der Waals surface area contributed by atoms with Crippen LogP contribution in [0.2, 0.25) is 5.02 Å². The zero-order chi connectivity index (χ0) is 11.3. The summed E-state index contributed by atoms with van der Waals surface area (Å²) in [6, 6.07) is 4.90. The summed E-state index contributed by atoms with van der Waals surface area (Å²) in [5.41, 5.74) is -0.0275. The van der Waals surface area contributed by atoms with Crippen molar-refractivity contribution >= 4 is 29.1 Å². The molecule has 0 unspecified atom stereocenters. The highest BCUT2D eigenvalue weighted by Gasteiger charge is 2.18. The molecule has 0 spiro atoms. The molecule has 0 fully saturated rings. The third-order valence-corrected chi connectivity index (χ3v) is 2.99. The number of hydrogen-bond donors (Lipinski definition) is 0.